The molecule has 0 bridgehead atoms. The molecule has 3 heterocycles. The second-order valence-corrected chi connectivity index (χ2v) is 12.4. The summed E-state index contributed by atoms with van der Waals surface area (Å²) in [5.74, 6) is -0.344. The first-order valence-corrected chi connectivity index (χ1v) is 15.9. The molecule has 2 aromatic heterocycles. The van der Waals surface area contributed by atoms with Crippen LogP contribution in [0.1, 0.15) is 40.1 Å². The highest BCUT2D eigenvalue weighted by atomic mass is 32.2. The molecule has 228 valence electrons. The maximum absolute atomic E-state index is 11.4. The molecule has 1 aliphatic heterocycles. The highest BCUT2D eigenvalue weighted by Gasteiger charge is 2.18. The number of anilines is 1. The van der Waals surface area contributed by atoms with E-state index in [0.717, 1.165) is 74.1 Å². The maximum Gasteiger partial charge on any atom is 0.294 e. The van der Waals surface area contributed by atoms with Crippen molar-refractivity contribution in [3.8, 4) is 6.07 Å². The number of hydrogen-bond acceptors (Lipinski definition) is 7. The van der Waals surface area contributed by atoms with Crippen LogP contribution in [0.2, 0.25) is 0 Å². The largest absolute Gasteiger partial charge is 0.451 e. The molecule has 0 saturated carbocycles. The number of piperazine rings is 1. The fraction of sp³-hybridized carbons (Fsp3) is 0.273. The van der Waals surface area contributed by atoms with Crippen molar-refractivity contribution in [2.24, 2.45) is 5.73 Å². The molecule has 44 heavy (non-hydrogen) atoms. The summed E-state index contributed by atoms with van der Waals surface area (Å²) in [5, 5.41) is 11.2. The van der Waals surface area contributed by atoms with Gasteiger partial charge < -0.3 is 20.0 Å². The lowest BCUT2D eigenvalue weighted by Gasteiger charge is -2.36. The number of aromatic amines is 1. The molecular formula is C33H35N5O5S. The number of hydrogen-bond donors (Lipinski definition) is 3. The van der Waals surface area contributed by atoms with E-state index in [0.29, 0.717) is 11.1 Å². The number of unbranched alkanes of at least 4 members (excludes halogenated alkanes) is 1. The highest BCUT2D eigenvalue weighted by Crippen LogP contribution is 2.26. The van der Waals surface area contributed by atoms with Crippen LogP contribution in [-0.4, -0.2) is 61.5 Å². The van der Waals surface area contributed by atoms with Gasteiger partial charge in [0.15, 0.2) is 5.76 Å². The monoisotopic (exact) mass is 613 g/mol. The van der Waals surface area contributed by atoms with Gasteiger partial charge in [0.25, 0.3) is 16.0 Å². The van der Waals surface area contributed by atoms with E-state index in [-0.39, 0.29) is 10.7 Å². The van der Waals surface area contributed by atoms with Crippen molar-refractivity contribution < 1.29 is 22.2 Å². The predicted octanol–water partition coefficient (Wildman–Crippen LogP) is 5.27. The zero-order valence-electron chi connectivity index (χ0n) is 24.5. The van der Waals surface area contributed by atoms with Crippen LogP contribution in [0.4, 0.5) is 5.69 Å². The molecule has 0 atom stereocenters. The number of furan rings is 1. The molecule has 4 N–H and O–H groups in total. The van der Waals surface area contributed by atoms with Gasteiger partial charge in [-0.05, 0) is 92.9 Å². The van der Waals surface area contributed by atoms with E-state index in [9.17, 15) is 13.2 Å². The Balaban J connectivity index is 0.000000296. The second-order valence-electron chi connectivity index (χ2n) is 11.0. The minimum atomic E-state index is -4.02. The van der Waals surface area contributed by atoms with E-state index in [1.807, 2.05) is 37.3 Å². The van der Waals surface area contributed by atoms with Crippen molar-refractivity contribution >= 4 is 43.6 Å². The molecule has 1 saturated heterocycles. The van der Waals surface area contributed by atoms with E-state index in [1.54, 1.807) is 18.2 Å². The summed E-state index contributed by atoms with van der Waals surface area (Å²) in [7, 11) is -4.02. The van der Waals surface area contributed by atoms with Gasteiger partial charge in [-0.3, -0.25) is 14.2 Å². The fourth-order valence-corrected chi connectivity index (χ4v) is 5.87. The van der Waals surface area contributed by atoms with Crippen LogP contribution >= 0.6 is 0 Å². The zero-order valence-corrected chi connectivity index (χ0v) is 25.3. The summed E-state index contributed by atoms with van der Waals surface area (Å²) in [6.07, 6.45) is 5.38. The lowest BCUT2D eigenvalue weighted by atomic mass is 10.1. The second kappa shape index (κ2) is 13.3. The molecule has 0 aliphatic carbocycles. The van der Waals surface area contributed by atoms with Gasteiger partial charge in [0, 0.05) is 54.4 Å². The van der Waals surface area contributed by atoms with E-state index in [2.05, 4.69) is 33.1 Å². The van der Waals surface area contributed by atoms with Crippen molar-refractivity contribution in [3.63, 3.8) is 0 Å². The Morgan fingerprint density at radius 1 is 1.02 bits per heavy atom. The molecular weight excluding hydrogens is 578 g/mol. The lowest BCUT2D eigenvalue weighted by Crippen LogP contribution is -2.46. The van der Waals surface area contributed by atoms with E-state index < -0.39 is 16.0 Å². The molecule has 6 rings (SSSR count). The topological polar surface area (TPSA) is 157 Å². The molecule has 11 heteroatoms. The first kappa shape index (κ1) is 30.8. The number of nitriles is 1. The van der Waals surface area contributed by atoms with Crippen LogP contribution in [0.3, 0.4) is 0 Å². The van der Waals surface area contributed by atoms with Crippen molar-refractivity contribution in [1.29, 1.82) is 5.26 Å². The number of benzene rings is 3. The van der Waals surface area contributed by atoms with Gasteiger partial charge in [-0.2, -0.15) is 13.7 Å². The number of aromatic nitrogens is 1. The number of primary amides is 1. The van der Waals surface area contributed by atoms with Crippen LogP contribution in [-0.2, 0) is 16.5 Å². The number of nitrogens with one attached hydrogen (secondary N) is 1. The van der Waals surface area contributed by atoms with Crippen LogP contribution in [0.15, 0.2) is 82.2 Å². The summed E-state index contributed by atoms with van der Waals surface area (Å²) in [6, 6.07) is 21.8. The van der Waals surface area contributed by atoms with Crippen molar-refractivity contribution in [2.75, 3.05) is 37.6 Å². The minimum absolute atomic E-state index is 0.0666. The maximum atomic E-state index is 11.4. The third-order valence-electron chi connectivity index (χ3n) is 7.87. The van der Waals surface area contributed by atoms with Gasteiger partial charge >= 0.3 is 0 Å². The molecule has 1 aliphatic rings. The number of H-pyrrole nitrogens is 1. The number of nitrogens with zero attached hydrogens (tertiary/aromatic N) is 3. The predicted molar refractivity (Wildman–Crippen MR) is 170 cm³/mol. The van der Waals surface area contributed by atoms with Crippen LogP contribution in [0.25, 0.3) is 21.9 Å². The number of nitrogens with two attached hydrogens (primary N) is 1. The summed E-state index contributed by atoms with van der Waals surface area (Å²) < 4.78 is 35.0. The number of amides is 1. The van der Waals surface area contributed by atoms with Crippen LogP contribution in [0, 0.1) is 18.3 Å². The molecule has 0 radical (unpaired) electrons. The van der Waals surface area contributed by atoms with Crippen LogP contribution in [0.5, 0.6) is 0 Å². The van der Waals surface area contributed by atoms with Crippen LogP contribution < -0.4 is 10.6 Å². The highest BCUT2D eigenvalue weighted by molar-refractivity contribution is 7.85. The third-order valence-corrected chi connectivity index (χ3v) is 8.73. The van der Waals surface area contributed by atoms with Gasteiger partial charge in [0.05, 0.1) is 16.5 Å². The summed E-state index contributed by atoms with van der Waals surface area (Å²) >= 11 is 0. The van der Waals surface area contributed by atoms with Crippen molar-refractivity contribution in [3.05, 3.63) is 95.4 Å². The standard InChI is InChI=1S/C26H27N5O2.C7H8O3S/c27-16-18-4-6-23-22(13-18)19(17-29-23)3-1-2-8-30-9-11-31(12-10-30)21-5-7-24-20(14-21)15-25(33-24)26(28)32;1-6-2-4-7(5-3-6)11(8,9)10/h4-7,13-15,17,29H,1-3,8-12H2,(H2,28,32);2-5H,1H3,(H,8,9,10). The Morgan fingerprint density at radius 2 is 1.77 bits per heavy atom. The molecule has 0 unspecified atom stereocenters. The van der Waals surface area contributed by atoms with Gasteiger partial charge in [-0.1, -0.05) is 17.7 Å². The fourth-order valence-electron chi connectivity index (χ4n) is 5.39. The van der Waals surface area contributed by atoms with Gasteiger partial charge in [-0.25, -0.2) is 0 Å². The first-order chi connectivity index (χ1) is 21.1. The summed E-state index contributed by atoms with van der Waals surface area (Å²) in [6.45, 7) is 6.97. The SMILES string of the molecule is Cc1ccc(S(=O)(=O)O)cc1.N#Cc1ccc2[nH]cc(CCCCN3CCN(c4ccc5oc(C(N)=O)cc5c4)CC3)c2c1. The Morgan fingerprint density at radius 3 is 2.45 bits per heavy atom. The molecule has 5 aromatic rings. The van der Waals surface area contributed by atoms with E-state index >= 15 is 0 Å². The Kier molecular flexibility index (Phi) is 9.35. The van der Waals surface area contributed by atoms with Gasteiger partial charge in [-0.15, -0.1) is 0 Å². The lowest BCUT2D eigenvalue weighted by molar-refractivity contribution is 0.0976. The quantitative estimate of drug-likeness (QED) is 0.158. The number of aryl methyl sites for hydroxylation is 2. The Hall–Kier alpha value is -4.63. The molecule has 3 aromatic carbocycles. The average Bonchev–Trinajstić information content (AvgIpc) is 3.63. The molecule has 1 amide bonds. The normalized spacial score (nSPS) is 13.9. The van der Waals surface area contributed by atoms with Gasteiger partial charge in [0.2, 0.25) is 0 Å². The number of carbonyl (C=O) groups is 1. The number of carbonyl (C=O) groups excluding carboxylic acids is 1. The van der Waals surface area contributed by atoms with Crippen molar-refractivity contribution in [2.45, 2.75) is 31.1 Å². The van der Waals surface area contributed by atoms with Gasteiger partial charge in [0.1, 0.15) is 5.58 Å². The Bertz CT molecular complexity index is 1910. The molecule has 0 spiro atoms. The minimum Gasteiger partial charge on any atom is -0.451 e. The summed E-state index contributed by atoms with van der Waals surface area (Å²) in [4.78, 5) is 19.5. The first-order valence-electron chi connectivity index (χ1n) is 14.5. The van der Waals surface area contributed by atoms with Crippen molar-refractivity contribution in [1.82, 2.24) is 9.88 Å². The molecule has 1 fully saturated rings. The van der Waals surface area contributed by atoms with E-state index in [1.165, 1.54) is 23.1 Å². The number of fused-ring (bicyclic) bond motifs is 2. The smallest absolute Gasteiger partial charge is 0.294 e. The zero-order chi connectivity index (χ0) is 31.3. The van der Waals surface area contributed by atoms with E-state index in [4.69, 9.17) is 20.0 Å². The molecule has 10 nitrogen and oxygen atoms in total. The average molecular weight is 614 g/mol. The number of rotatable bonds is 8. The Labute approximate surface area is 256 Å². The summed E-state index contributed by atoms with van der Waals surface area (Å²) in [5.41, 5.74) is 11.2. The third kappa shape index (κ3) is 7.47.